The van der Waals surface area contributed by atoms with Crippen LogP contribution in [0.3, 0.4) is 0 Å². The minimum atomic E-state index is -0.382. The van der Waals surface area contributed by atoms with E-state index in [1.165, 1.54) is 12.1 Å². The molecule has 0 N–H and O–H groups in total. The maximum absolute atomic E-state index is 14.1. The Hall–Kier alpha value is -3.61. The molecule has 1 aromatic heterocycles. The number of rotatable bonds is 7. The summed E-state index contributed by atoms with van der Waals surface area (Å²) in [6.45, 7) is 5.05. The molecular weight excluding hydrogens is 435 g/mol. The van der Waals surface area contributed by atoms with E-state index in [9.17, 15) is 14.0 Å². The molecule has 1 aliphatic heterocycles. The smallest absolute Gasteiger partial charge is 0.289 e. The maximum Gasteiger partial charge on any atom is 0.289 e. The minimum absolute atomic E-state index is 0.0241. The van der Waals surface area contributed by atoms with E-state index in [4.69, 9.17) is 9.15 Å². The fraction of sp³-hybridized carbons (Fsp3) is 0.333. The average Bonchev–Trinajstić information content (AvgIpc) is 3.34. The Bertz CT molecular complexity index is 1190. The van der Waals surface area contributed by atoms with Gasteiger partial charge in [0.25, 0.3) is 5.91 Å². The van der Waals surface area contributed by atoms with E-state index >= 15 is 0 Å². The van der Waals surface area contributed by atoms with Gasteiger partial charge in [0.2, 0.25) is 5.91 Å². The molecule has 2 amide bonds. The van der Waals surface area contributed by atoms with Crippen molar-refractivity contribution in [1.29, 1.82) is 0 Å². The van der Waals surface area contributed by atoms with Crippen molar-refractivity contribution in [3.63, 3.8) is 0 Å². The number of halogens is 1. The van der Waals surface area contributed by atoms with Gasteiger partial charge in [-0.25, -0.2) is 4.39 Å². The predicted octanol–water partition coefficient (Wildman–Crippen LogP) is 4.97. The van der Waals surface area contributed by atoms with Crippen LogP contribution in [0.4, 0.5) is 4.39 Å². The Labute approximate surface area is 198 Å². The summed E-state index contributed by atoms with van der Waals surface area (Å²) >= 11 is 0. The molecule has 4 rings (SSSR count). The fourth-order valence-corrected chi connectivity index (χ4v) is 4.25. The van der Waals surface area contributed by atoms with E-state index in [2.05, 4.69) is 0 Å². The van der Waals surface area contributed by atoms with E-state index in [0.29, 0.717) is 31.0 Å². The van der Waals surface area contributed by atoms with Crippen LogP contribution in [-0.2, 0) is 17.8 Å². The van der Waals surface area contributed by atoms with Crippen molar-refractivity contribution >= 4 is 11.8 Å². The molecule has 0 fully saturated rings. The summed E-state index contributed by atoms with van der Waals surface area (Å²) in [6.07, 6.45) is 1.10. The van der Waals surface area contributed by atoms with Crippen LogP contribution >= 0.6 is 0 Å². The third kappa shape index (κ3) is 4.83. The van der Waals surface area contributed by atoms with Crippen LogP contribution in [0.25, 0.3) is 0 Å². The first-order chi connectivity index (χ1) is 16.4. The second kappa shape index (κ2) is 10.1. The van der Waals surface area contributed by atoms with Gasteiger partial charge in [-0.05, 0) is 66.4 Å². The number of fused-ring (bicyclic) bond motifs is 1. The van der Waals surface area contributed by atoms with E-state index in [0.717, 1.165) is 23.1 Å². The molecule has 178 valence electrons. The van der Waals surface area contributed by atoms with Crippen molar-refractivity contribution in [2.24, 2.45) is 0 Å². The van der Waals surface area contributed by atoms with Crippen molar-refractivity contribution in [2.45, 2.75) is 39.3 Å². The molecule has 2 heterocycles. The Morgan fingerprint density at radius 3 is 2.71 bits per heavy atom. The molecule has 0 unspecified atom stereocenters. The molecule has 2 aromatic carbocycles. The van der Waals surface area contributed by atoms with Crippen LogP contribution in [-0.4, -0.2) is 41.8 Å². The first kappa shape index (κ1) is 23.5. The number of carbonyl (C=O) groups excluding carboxylic acids is 2. The highest BCUT2D eigenvalue weighted by Gasteiger charge is 2.32. The maximum atomic E-state index is 14.1. The van der Waals surface area contributed by atoms with Gasteiger partial charge in [-0.3, -0.25) is 9.59 Å². The van der Waals surface area contributed by atoms with Crippen molar-refractivity contribution in [3.05, 3.63) is 88.6 Å². The van der Waals surface area contributed by atoms with Gasteiger partial charge in [-0.1, -0.05) is 25.1 Å². The van der Waals surface area contributed by atoms with Gasteiger partial charge in [0.05, 0.1) is 6.04 Å². The summed E-state index contributed by atoms with van der Waals surface area (Å²) < 4.78 is 25.7. The minimum Gasteiger partial charge on any atom is -0.486 e. The number of hydrogen-bond acceptors (Lipinski definition) is 4. The second-order valence-electron chi connectivity index (χ2n) is 8.38. The second-order valence-corrected chi connectivity index (χ2v) is 8.38. The lowest BCUT2D eigenvalue weighted by Gasteiger charge is -2.38. The third-order valence-corrected chi connectivity index (χ3v) is 6.21. The van der Waals surface area contributed by atoms with Gasteiger partial charge < -0.3 is 19.0 Å². The Morgan fingerprint density at radius 2 is 1.97 bits per heavy atom. The van der Waals surface area contributed by atoms with Crippen molar-refractivity contribution < 1.29 is 23.1 Å². The topological polar surface area (TPSA) is 63.0 Å². The van der Waals surface area contributed by atoms with E-state index < -0.39 is 0 Å². The van der Waals surface area contributed by atoms with Crippen LogP contribution in [0, 0.1) is 5.82 Å². The molecule has 0 spiro atoms. The van der Waals surface area contributed by atoms with Gasteiger partial charge in [0, 0.05) is 26.6 Å². The molecule has 1 atom stereocenters. The third-order valence-electron chi connectivity index (χ3n) is 6.21. The SMILES string of the molecule is CCC(=O)N1CCc2ccc(OCc3ccc(C(=O)N(C)CC)o3)cc2[C@@H]1c1cccc(F)c1. The highest BCUT2D eigenvalue weighted by Crippen LogP contribution is 2.37. The Morgan fingerprint density at radius 1 is 1.15 bits per heavy atom. The van der Waals surface area contributed by atoms with E-state index in [-0.39, 0.29) is 36.0 Å². The molecule has 7 heteroatoms. The summed E-state index contributed by atoms with van der Waals surface area (Å²) in [7, 11) is 1.72. The molecule has 6 nitrogen and oxygen atoms in total. The number of hydrogen-bond donors (Lipinski definition) is 0. The summed E-state index contributed by atoms with van der Waals surface area (Å²) in [4.78, 5) is 28.4. The van der Waals surface area contributed by atoms with Gasteiger partial charge in [0.1, 0.15) is 23.9 Å². The number of benzene rings is 2. The average molecular weight is 465 g/mol. The van der Waals surface area contributed by atoms with Gasteiger partial charge in [0.15, 0.2) is 5.76 Å². The van der Waals surface area contributed by atoms with Gasteiger partial charge in [-0.2, -0.15) is 0 Å². The first-order valence-corrected chi connectivity index (χ1v) is 11.6. The highest BCUT2D eigenvalue weighted by molar-refractivity contribution is 5.91. The summed E-state index contributed by atoms with van der Waals surface area (Å²) in [5.41, 5.74) is 2.76. The number of furan rings is 1. The lowest BCUT2D eigenvalue weighted by Crippen LogP contribution is -2.40. The molecule has 0 saturated carbocycles. The fourth-order valence-electron chi connectivity index (χ4n) is 4.25. The molecule has 0 aliphatic carbocycles. The van der Waals surface area contributed by atoms with E-state index in [1.54, 1.807) is 30.1 Å². The first-order valence-electron chi connectivity index (χ1n) is 11.6. The van der Waals surface area contributed by atoms with Crippen molar-refractivity contribution in [1.82, 2.24) is 9.80 Å². The number of amides is 2. The zero-order valence-corrected chi connectivity index (χ0v) is 19.7. The lowest BCUT2D eigenvalue weighted by atomic mass is 9.87. The van der Waals surface area contributed by atoms with Crippen LogP contribution in [0.15, 0.2) is 59.0 Å². The lowest BCUT2D eigenvalue weighted by molar-refractivity contribution is -0.132. The number of nitrogens with zero attached hydrogens (tertiary/aromatic N) is 2. The number of carbonyl (C=O) groups is 2. The molecule has 0 saturated heterocycles. The van der Waals surface area contributed by atoms with Crippen LogP contribution in [0.1, 0.15) is 59.3 Å². The zero-order chi connectivity index (χ0) is 24.2. The summed E-state index contributed by atoms with van der Waals surface area (Å²) in [5.74, 6) is 0.930. The number of ether oxygens (including phenoxy) is 1. The highest BCUT2D eigenvalue weighted by atomic mass is 19.1. The van der Waals surface area contributed by atoms with Gasteiger partial charge in [-0.15, -0.1) is 0 Å². The monoisotopic (exact) mass is 464 g/mol. The van der Waals surface area contributed by atoms with Gasteiger partial charge >= 0.3 is 0 Å². The van der Waals surface area contributed by atoms with E-state index in [1.807, 2.05) is 43.0 Å². The standard InChI is InChI=1S/C27H29FN2O4/c1-4-25(31)30-14-13-18-9-10-21(16-23(18)26(30)19-7-6-8-20(28)15-19)33-17-22-11-12-24(34-22)27(32)29(3)5-2/h6-12,15-16,26H,4-5,13-14,17H2,1-3H3/t26-/m0/s1. The summed E-state index contributed by atoms with van der Waals surface area (Å²) in [5, 5.41) is 0. The Balaban J connectivity index is 1.59. The predicted molar refractivity (Wildman–Crippen MR) is 126 cm³/mol. The normalized spacial score (nSPS) is 15.1. The Kier molecular flexibility index (Phi) is 7.01. The molecule has 0 radical (unpaired) electrons. The molecule has 34 heavy (non-hydrogen) atoms. The molecule has 1 aliphatic rings. The zero-order valence-electron chi connectivity index (χ0n) is 19.7. The van der Waals surface area contributed by atoms with Crippen molar-refractivity contribution in [3.8, 4) is 5.75 Å². The molecule has 3 aromatic rings. The van der Waals surface area contributed by atoms with Crippen LogP contribution in [0.5, 0.6) is 5.75 Å². The quantitative estimate of drug-likeness (QED) is 0.495. The van der Waals surface area contributed by atoms with Crippen LogP contribution < -0.4 is 4.74 Å². The largest absolute Gasteiger partial charge is 0.486 e. The van der Waals surface area contributed by atoms with Crippen molar-refractivity contribution in [2.75, 3.05) is 20.1 Å². The van der Waals surface area contributed by atoms with Crippen LogP contribution in [0.2, 0.25) is 0 Å². The summed E-state index contributed by atoms with van der Waals surface area (Å²) in [6, 6.07) is 15.2. The molecular formula is C27H29FN2O4. The molecule has 0 bridgehead atoms.